The Morgan fingerprint density at radius 3 is 2.78 bits per heavy atom. The third-order valence-corrected chi connectivity index (χ3v) is 2.20. The molecule has 98 valence electrons. The Morgan fingerprint density at radius 1 is 1.61 bits per heavy atom. The van der Waals surface area contributed by atoms with E-state index in [1.165, 1.54) is 25.3 Å². The predicted octanol–water partition coefficient (Wildman–Crippen LogP) is 1.17. The molecule has 7 nitrogen and oxygen atoms in total. The van der Waals surface area contributed by atoms with E-state index in [1.807, 2.05) is 0 Å². The minimum absolute atomic E-state index is 0.144. The van der Waals surface area contributed by atoms with Crippen molar-refractivity contribution in [1.82, 2.24) is 0 Å². The van der Waals surface area contributed by atoms with E-state index >= 15 is 0 Å². The molecule has 0 saturated heterocycles. The number of aliphatic hydroxyl groups is 1. The number of esters is 1. The van der Waals surface area contributed by atoms with Crippen LogP contribution in [0.3, 0.4) is 0 Å². The van der Waals surface area contributed by atoms with Gasteiger partial charge in [-0.05, 0) is 19.1 Å². The third kappa shape index (κ3) is 3.42. The number of anilines is 1. The van der Waals surface area contributed by atoms with Crippen LogP contribution in [0, 0.1) is 10.1 Å². The molecule has 0 heterocycles. The molecule has 0 amide bonds. The molecule has 1 rings (SSSR count). The summed E-state index contributed by atoms with van der Waals surface area (Å²) in [5, 5.41) is 22.7. The van der Waals surface area contributed by atoms with Gasteiger partial charge in [-0.3, -0.25) is 10.1 Å². The van der Waals surface area contributed by atoms with Crippen LogP contribution in [0.4, 0.5) is 11.4 Å². The van der Waals surface area contributed by atoms with Crippen LogP contribution in [0.25, 0.3) is 0 Å². The van der Waals surface area contributed by atoms with Crippen molar-refractivity contribution in [2.45, 2.75) is 13.0 Å². The van der Waals surface area contributed by atoms with Crippen LogP contribution in [0.15, 0.2) is 18.2 Å². The number of nitrogens with one attached hydrogen (secondary N) is 1. The number of methoxy groups -OCH3 is 1. The van der Waals surface area contributed by atoms with Gasteiger partial charge in [0, 0.05) is 12.6 Å². The number of carbonyl (C=O) groups is 1. The number of rotatable bonds is 5. The SMILES string of the molecule is COC(=O)c1ccc([N+](=O)[O-])c(NCC(C)O)c1. The molecule has 0 bridgehead atoms. The maximum absolute atomic E-state index is 11.3. The Morgan fingerprint density at radius 2 is 2.28 bits per heavy atom. The number of benzene rings is 1. The van der Waals surface area contributed by atoms with E-state index in [-0.39, 0.29) is 23.5 Å². The zero-order chi connectivity index (χ0) is 13.7. The highest BCUT2D eigenvalue weighted by Crippen LogP contribution is 2.25. The van der Waals surface area contributed by atoms with Gasteiger partial charge in [-0.1, -0.05) is 0 Å². The van der Waals surface area contributed by atoms with Crippen molar-refractivity contribution in [1.29, 1.82) is 0 Å². The summed E-state index contributed by atoms with van der Waals surface area (Å²) in [6.45, 7) is 1.69. The summed E-state index contributed by atoms with van der Waals surface area (Å²) >= 11 is 0. The Hall–Kier alpha value is -2.15. The van der Waals surface area contributed by atoms with Crippen LogP contribution in [-0.4, -0.2) is 35.8 Å². The van der Waals surface area contributed by atoms with Crippen molar-refractivity contribution in [3.05, 3.63) is 33.9 Å². The number of hydrogen-bond acceptors (Lipinski definition) is 6. The normalized spacial score (nSPS) is 11.7. The number of nitro benzene ring substituents is 1. The van der Waals surface area contributed by atoms with Crippen LogP contribution < -0.4 is 5.32 Å². The van der Waals surface area contributed by atoms with Crippen molar-refractivity contribution in [2.75, 3.05) is 19.0 Å². The van der Waals surface area contributed by atoms with E-state index < -0.39 is 17.0 Å². The Labute approximate surface area is 104 Å². The minimum Gasteiger partial charge on any atom is -0.465 e. The van der Waals surface area contributed by atoms with Gasteiger partial charge in [0.2, 0.25) is 0 Å². The highest BCUT2D eigenvalue weighted by Gasteiger charge is 2.17. The number of nitro groups is 1. The minimum atomic E-state index is -0.661. The van der Waals surface area contributed by atoms with Crippen molar-refractivity contribution in [2.24, 2.45) is 0 Å². The van der Waals surface area contributed by atoms with Crippen LogP contribution in [0.1, 0.15) is 17.3 Å². The van der Waals surface area contributed by atoms with Gasteiger partial charge in [-0.2, -0.15) is 0 Å². The molecule has 1 unspecified atom stereocenters. The summed E-state index contributed by atoms with van der Waals surface area (Å²) in [7, 11) is 1.23. The maximum Gasteiger partial charge on any atom is 0.337 e. The average molecular weight is 254 g/mol. The summed E-state index contributed by atoms with van der Waals surface area (Å²) < 4.78 is 4.53. The zero-order valence-corrected chi connectivity index (χ0v) is 10.0. The van der Waals surface area contributed by atoms with Crippen molar-refractivity contribution >= 4 is 17.3 Å². The zero-order valence-electron chi connectivity index (χ0n) is 10.0. The van der Waals surface area contributed by atoms with Crippen LogP contribution in [-0.2, 0) is 4.74 Å². The van der Waals surface area contributed by atoms with Crippen LogP contribution in [0.2, 0.25) is 0 Å². The fraction of sp³-hybridized carbons (Fsp3) is 0.364. The van der Waals surface area contributed by atoms with E-state index in [9.17, 15) is 14.9 Å². The predicted molar refractivity (Wildman–Crippen MR) is 64.6 cm³/mol. The highest BCUT2D eigenvalue weighted by atomic mass is 16.6. The molecule has 1 aromatic rings. The van der Waals surface area contributed by atoms with Gasteiger partial charge in [0.25, 0.3) is 5.69 Å². The van der Waals surface area contributed by atoms with Crippen LogP contribution >= 0.6 is 0 Å². The lowest BCUT2D eigenvalue weighted by molar-refractivity contribution is -0.384. The molecule has 18 heavy (non-hydrogen) atoms. The second-order valence-corrected chi connectivity index (χ2v) is 3.71. The Bertz CT molecular complexity index is 459. The standard InChI is InChI=1S/C11H14N2O5/c1-7(14)6-12-9-5-8(11(15)18-2)3-4-10(9)13(16)17/h3-5,7,12,14H,6H2,1-2H3. The fourth-order valence-corrected chi connectivity index (χ4v) is 1.34. The molecule has 2 N–H and O–H groups in total. The number of nitrogens with zero attached hydrogens (tertiary/aromatic N) is 1. The van der Waals surface area contributed by atoms with Gasteiger partial charge < -0.3 is 15.2 Å². The molecule has 0 radical (unpaired) electrons. The van der Waals surface area contributed by atoms with Gasteiger partial charge >= 0.3 is 5.97 Å². The lowest BCUT2D eigenvalue weighted by Gasteiger charge is -2.10. The summed E-state index contributed by atoms with van der Waals surface area (Å²) in [4.78, 5) is 21.6. The van der Waals surface area contributed by atoms with Gasteiger partial charge in [-0.25, -0.2) is 4.79 Å². The quantitative estimate of drug-likeness (QED) is 0.464. The number of hydrogen-bond donors (Lipinski definition) is 2. The van der Waals surface area contributed by atoms with E-state index in [0.717, 1.165) is 0 Å². The third-order valence-electron chi connectivity index (χ3n) is 2.20. The molecule has 0 saturated carbocycles. The Balaban J connectivity index is 3.07. The molecule has 0 aromatic heterocycles. The van der Waals surface area contributed by atoms with Crippen LogP contribution in [0.5, 0.6) is 0 Å². The number of aliphatic hydroxyl groups excluding tert-OH is 1. The molecule has 7 heteroatoms. The monoisotopic (exact) mass is 254 g/mol. The first-order valence-electron chi connectivity index (χ1n) is 5.24. The molecule has 0 spiro atoms. The van der Waals surface area contributed by atoms with E-state index in [1.54, 1.807) is 6.92 Å². The topological polar surface area (TPSA) is 102 Å². The van der Waals surface area contributed by atoms with Crippen molar-refractivity contribution in [3.63, 3.8) is 0 Å². The van der Waals surface area contributed by atoms with Gasteiger partial charge in [0.05, 0.1) is 23.7 Å². The molecule has 1 atom stereocenters. The van der Waals surface area contributed by atoms with Gasteiger partial charge in [0.1, 0.15) is 5.69 Å². The number of ether oxygens (including phenoxy) is 1. The molecule has 0 aliphatic carbocycles. The molecule has 1 aromatic carbocycles. The smallest absolute Gasteiger partial charge is 0.337 e. The largest absolute Gasteiger partial charge is 0.465 e. The molecule has 0 aliphatic heterocycles. The average Bonchev–Trinajstić information content (AvgIpc) is 2.34. The molecular weight excluding hydrogens is 240 g/mol. The Kier molecular flexibility index (Phi) is 4.61. The lowest BCUT2D eigenvalue weighted by atomic mass is 10.1. The second kappa shape index (κ2) is 5.97. The maximum atomic E-state index is 11.3. The second-order valence-electron chi connectivity index (χ2n) is 3.71. The van der Waals surface area contributed by atoms with E-state index in [0.29, 0.717) is 0 Å². The first-order chi connectivity index (χ1) is 8.45. The fourth-order valence-electron chi connectivity index (χ4n) is 1.34. The first-order valence-corrected chi connectivity index (χ1v) is 5.24. The first kappa shape index (κ1) is 13.9. The highest BCUT2D eigenvalue weighted by molar-refractivity contribution is 5.91. The van der Waals surface area contributed by atoms with E-state index in [2.05, 4.69) is 10.1 Å². The van der Waals surface area contributed by atoms with Crippen molar-refractivity contribution < 1.29 is 19.6 Å². The van der Waals surface area contributed by atoms with Gasteiger partial charge in [-0.15, -0.1) is 0 Å². The summed E-state index contributed by atoms with van der Waals surface area (Å²) in [6, 6.07) is 3.86. The summed E-state index contributed by atoms with van der Waals surface area (Å²) in [5.41, 5.74) is 0.211. The molecular formula is C11H14N2O5. The molecule has 0 fully saturated rings. The summed E-state index contributed by atoms with van der Waals surface area (Å²) in [5.74, 6) is -0.579. The molecule has 0 aliphatic rings. The van der Waals surface area contributed by atoms with Gasteiger partial charge in [0.15, 0.2) is 0 Å². The lowest BCUT2D eigenvalue weighted by Crippen LogP contribution is -2.16. The van der Waals surface area contributed by atoms with Crippen molar-refractivity contribution in [3.8, 4) is 0 Å². The van der Waals surface area contributed by atoms with E-state index in [4.69, 9.17) is 5.11 Å². The number of carbonyl (C=O) groups excluding carboxylic acids is 1. The summed E-state index contributed by atoms with van der Waals surface area (Å²) in [6.07, 6.45) is -0.661.